The molecule has 43 heavy (non-hydrogen) atoms. The first kappa shape index (κ1) is 32.0. The SMILES string of the molecule is CCOP(=O)(OCC)c1ccc2[nH]c(O)c(C(=Nc3ccc(N(CC(=O)N(C)C)S(C)(=O)=O)cc3)c3ccccc3)c2c1. The fourth-order valence-corrected chi connectivity index (χ4v) is 6.90. The van der Waals surface area contributed by atoms with Gasteiger partial charge in [-0.15, -0.1) is 0 Å². The van der Waals surface area contributed by atoms with Crippen LogP contribution in [0, 0.1) is 0 Å². The molecule has 13 heteroatoms. The molecule has 1 heterocycles. The van der Waals surface area contributed by atoms with Gasteiger partial charge >= 0.3 is 7.60 Å². The predicted octanol–water partition coefficient (Wildman–Crippen LogP) is 4.79. The van der Waals surface area contributed by atoms with Gasteiger partial charge < -0.3 is 24.0 Å². The number of hydrogen-bond acceptors (Lipinski definition) is 8. The molecule has 0 atom stereocenters. The van der Waals surface area contributed by atoms with Crippen LogP contribution in [0.2, 0.25) is 0 Å². The number of nitrogens with zero attached hydrogens (tertiary/aromatic N) is 3. The molecule has 0 radical (unpaired) electrons. The van der Waals surface area contributed by atoms with Gasteiger partial charge in [-0.05, 0) is 56.3 Å². The van der Waals surface area contributed by atoms with Crippen molar-refractivity contribution in [2.45, 2.75) is 13.8 Å². The van der Waals surface area contributed by atoms with Gasteiger partial charge in [0.05, 0.1) is 47.4 Å². The lowest BCUT2D eigenvalue weighted by Gasteiger charge is -2.23. The summed E-state index contributed by atoms with van der Waals surface area (Å²) in [5.74, 6) is -0.509. The number of anilines is 1. The highest BCUT2D eigenvalue weighted by atomic mass is 32.2. The van der Waals surface area contributed by atoms with Crippen molar-refractivity contribution in [2.24, 2.45) is 4.99 Å². The van der Waals surface area contributed by atoms with E-state index < -0.39 is 17.6 Å². The van der Waals surface area contributed by atoms with Crippen molar-refractivity contribution in [1.82, 2.24) is 9.88 Å². The van der Waals surface area contributed by atoms with Crippen LogP contribution in [0.4, 0.5) is 11.4 Å². The van der Waals surface area contributed by atoms with Crippen LogP contribution in [0.5, 0.6) is 5.88 Å². The summed E-state index contributed by atoms with van der Waals surface area (Å²) >= 11 is 0. The maximum atomic E-state index is 13.6. The summed E-state index contributed by atoms with van der Waals surface area (Å²) < 4.78 is 50.7. The van der Waals surface area contributed by atoms with E-state index in [9.17, 15) is 22.9 Å². The number of nitrogens with one attached hydrogen (secondary N) is 1. The number of likely N-dealkylation sites (N-methyl/N-ethyl adjacent to an activating group) is 1. The van der Waals surface area contributed by atoms with Crippen molar-refractivity contribution < 1.29 is 31.9 Å². The van der Waals surface area contributed by atoms with E-state index in [1.54, 1.807) is 70.4 Å². The Labute approximate surface area is 251 Å². The second-order valence-electron chi connectivity index (χ2n) is 9.81. The fourth-order valence-electron chi connectivity index (χ4n) is 4.45. The van der Waals surface area contributed by atoms with Gasteiger partial charge in [0, 0.05) is 30.6 Å². The molecule has 2 N–H and O–H groups in total. The topological polar surface area (TPSA) is 142 Å². The zero-order chi connectivity index (χ0) is 31.4. The molecular formula is C30H35N4O7PS. The fraction of sp³-hybridized carbons (Fsp3) is 0.267. The largest absolute Gasteiger partial charge is 0.494 e. The molecule has 11 nitrogen and oxygen atoms in total. The minimum atomic E-state index is -3.75. The molecule has 0 unspecified atom stereocenters. The smallest absolute Gasteiger partial charge is 0.361 e. The maximum absolute atomic E-state index is 13.6. The maximum Gasteiger partial charge on any atom is 0.361 e. The number of aromatic hydroxyl groups is 1. The van der Waals surface area contributed by atoms with E-state index in [1.165, 1.54) is 4.90 Å². The standard InChI is InChI=1S/C30H35N4O7PS/c1-6-40-42(37,41-7-2)24-17-18-26-25(19-24)28(30(36)32-26)29(21-11-9-8-10-12-21)31-22-13-15-23(16-14-22)34(43(5,38)39)20-27(35)33(3)4/h8-19,32,36H,6-7,20H2,1-5H3. The quantitative estimate of drug-likeness (QED) is 0.170. The van der Waals surface area contributed by atoms with Crippen LogP contribution >= 0.6 is 7.60 Å². The van der Waals surface area contributed by atoms with Crippen LogP contribution in [0.15, 0.2) is 77.8 Å². The van der Waals surface area contributed by atoms with Gasteiger partial charge in [0.2, 0.25) is 15.9 Å². The van der Waals surface area contributed by atoms with Crippen molar-refractivity contribution in [3.8, 4) is 5.88 Å². The van der Waals surface area contributed by atoms with Gasteiger partial charge in [0.1, 0.15) is 6.54 Å². The van der Waals surface area contributed by atoms with Crippen LogP contribution in [0.3, 0.4) is 0 Å². The number of aromatic nitrogens is 1. The first-order valence-electron chi connectivity index (χ1n) is 13.5. The van der Waals surface area contributed by atoms with Crippen molar-refractivity contribution >= 4 is 56.8 Å². The van der Waals surface area contributed by atoms with E-state index in [2.05, 4.69) is 4.98 Å². The third-order valence-electron chi connectivity index (χ3n) is 6.52. The number of hydrogen-bond donors (Lipinski definition) is 2. The highest BCUT2D eigenvalue weighted by Crippen LogP contribution is 2.47. The molecule has 1 aromatic heterocycles. The first-order valence-corrected chi connectivity index (χ1v) is 16.9. The summed E-state index contributed by atoms with van der Waals surface area (Å²) in [5, 5.41) is 12.0. The molecule has 1 amide bonds. The minimum Gasteiger partial charge on any atom is -0.494 e. The molecule has 0 aliphatic rings. The number of benzene rings is 3. The van der Waals surface area contributed by atoms with Crippen LogP contribution in [-0.2, 0) is 28.4 Å². The van der Waals surface area contributed by atoms with Gasteiger partial charge in [-0.25, -0.2) is 13.4 Å². The summed E-state index contributed by atoms with van der Waals surface area (Å²) in [7, 11) is -4.25. The zero-order valence-electron chi connectivity index (χ0n) is 24.6. The lowest BCUT2D eigenvalue weighted by Crippen LogP contribution is -2.39. The van der Waals surface area contributed by atoms with Gasteiger partial charge in [-0.2, -0.15) is 0 Å². The summed E-state index contributed by atoms with van der Waals surface area (Å²) in [4.78, 5) is 21.5. The highest BCUT2D eigenvalue weighted by molar-refractivity contribution is 7.92. The van der Waals surface area contributed by atoms with Crippen molar-refractivity contribution in [3.05, 3.63) is 83.9 Å². The van der Waals surface area contributed by atoms with Crippen LogP contribution < -0.4 is 9.61 Å². The minimum absolute atomic E-state index is 0.139. The zero-order valence-corrected chi connectivity index (χ0v) is 26.4. The lowest BCUT2D eigenvalue weighted by molar-refractivity contribution is -0.127. The Morgan fingerprint density at radius 2 is 1.60 bits per heavy atom. The molecule has 0 aliphatic carbocycles. The monoisotopic (exact) mass is 626 g/mol. The third-order valence-corrected chi connectivity index (χ3v) is 9.76. The molecule has 4 rings (SSSR count). The molecule has 0 fully saturated rings. The Kier molecular flexibility index (Phi) is 9.76. The summed E-state index contributed by atoms with van der Waals surface area (Å²) in [6.45, 7) is 3.50. The van der Waals surface area contributed by atoms with Gasteiger partial charge in [-0.3, -0.25) is 13.7 Å². The van der Waals surface area contributed by atoms with Gasteiger partial charge in [0.25, 0.3) is 0 Å². The number of carbonyl (C=O) groups excluding carboxylic acids is 1. The van der Waals surface area contributed by atoms with E-state index in [1.807, 2.05) is 30.3 Å². The number of aliphatic imine (C=N–C) groups is 1. The Bertz CT molecular complexity index is 1780. The number of aromatic amines is 1. The van der Waals surface area contributed by atoms with Crippen LogP contribution in [0.25, 0.3) is 10.9 Å². The molecular weight excluding hydrogens is 591 g/mol. The second kappa shape index (κ2) is 13.1. The van der Waals surface area contributed by atoms with Crippen molar-refractivity contribution in [2.75, 3.05) is 44.4 Å². The predicted molar refractivity (Wildman–Crippen MR) is 170 cm³/mol. The number of H-pyrrole nitrogens is 1. The Morgan fingerprint density at radius 1 is 0.977 bits per heavy atom. The van der Waals surface area contributed by atoms with Crippen LogP contribution in [-0.4, -0.2) is 75.1 Å². The molecule has 0 saturated carbocycles. The third kappa shape index (κ3) is 7.17. The van der Waals surface area contributed by atoms with E-state index in [4.69, 9.17) is 14.0 Å². The summed E-state index contributed by atoms with van der Waals surface area (Å²) in [6, 6.07) is 20.6. The number of rotatable bonds is 12. The van der Waals surface area contributed by atoms with Crippen LogP contribution in [0.1, 0.15) is 25.0 Å². The normalized spacial score (nSPS) is 12.4. The summed E-state index contributed by atoms with van der Waals surface area (Å²) in [6.07, 6.45) is 1.04. The Hall–Kier alpha value is -3.96. The average molecular weight is 627 g/mol. The number of sulfonamides is 1. The molecule has 0 bridgehead atoms. The van der Waals surface area contributed by atoms with Crippen molar-refractivity contribution in [3.63, 3.8) is 0 Å². The molecule has 3 aromatic carbocycles. The van der Waals surface area contributed by atoms with Crippen molar-refractivity contribution in [1.29, 1.82) is 0 Å². The highest BCUT2D eigenvalue weighted by Gasteiger charge is 2.29. The Balaban J connectivity index is 1.85. The molecule has 4 aromatic rings. The van der Waals surface area contributed by atoms with E-state index in [-0.39, 0.29) is 31.5 Å². The van der Waals surface area contributed by atoms with E-state index in [0.717, 1.165) is 10.6 Å². The molecule has 228 valence electrons. The number of carbonyl (C=O) groups is 1. The Morgan fingerprint density at radius 3 is 2.16 bits per heavy atom. The number of amides is 1. The second-order valence-corrected chi connectivity index (χ2v) is 13.7. The molecule has 0 saturated heterocycles. The molecule has 0 aliphatic heterocycles. The van der Waals surface area contributed by atoms with E-state index in [0.29, 0.717) is 44.4 Å². The van der Waals surface area contributed by atoms with Gasteiger partial charge in [-0.1, -0.05) is 30.3 Å². The average Bonchev–Trinajstić information content (AvgIpc) is 3.29. The summed E-state index contributed by atoms with van der Waals surface area (Å²) in [5.41, 5.74) is 2.85. The number of fused-ring (bicyclic) bond motifs is 1. The van der Waals surface area contributed by atoms with Gasteiger partial charge in [0.15, 0.2) is 5.88 Å². The van der Waals surface area contributed by atoms with E-state index >= 15 is 0 Å². The molecule has 0 spiro atoms. The lowest BCUT2D eigenvalue weighted by atomic mass is 10.0. The first-order chi connectivity index (χ1) is 20.4.